The minimum Gasteiger partial charge on any atom is -0.376 e. The summed E-state index contributed by atoms with van der Waals surface area (Å²) < 4.78 is 12.6. The molecule has 0 aliphatic heterocycles. The van der Waals surface area contributed by atoms with Gasteiger partial charge >= 0.3 is 0 Å². The van der Waals surface area contributed by atoms with Crippen molar-refractivity contribution in [2.24, 2.45) is 11.3 Å². The van der Waals surface area contributed by atoms with Gasteiger partial charge in [-0.2, -0.15) is 0 Å². The summed E-state index contributed by atoms with van der Waals surface area (Å²) in [6.45, 7) is 2.61. The van der Waals surface area contributed by atoms with Crippen molar-refractivity contribution in [2.75, 3.05) is 13.2 Å². The third-order valence-electron chi connectivity index (χ3n) is 7.55. The molecule has 0 amide bonds. The summed E-state index contributed by atoms with van der Waals surface area (Å²) in [5, 5.41) is 0. The molecule has 1 fully saturated rings. The van der Waals surface area contributed by atoms with Crippen molar-refractivity contribution in [2.45, 2.75) is 58.2 Å². The summed E-state index contributed by atoms with van der Waals surface area (Å²) in [7, 11) is 0. The van der Waals surface area contributed by atoms with Gasteiger partial charge < -0.3 is 9.47 Å². The zero-order valence-electron chi connectivity index (χ0n) is 19.4. The average molecular weight is 443 g/mol. The molecular weight excluding hydrogens is 408 g/mol. The van der Waals surface area contributed by atoms with Crippen LogP contribution in [0.2, 0.25) is 0 Å². The SMILES string of the molecule is O=C1CC2CCC(COCc3ccccc3)(COCc3ccccc3)CC2=CC2=C1CCC2. The Morgan fingerprint density at radius 2 is 1.48 bits per heavy atom. The molecule has 3 heteroatoms. The highest BCUT2D eigenvalue weighted by Crippen LogP contribution is 2.47. The van der Waals surface area contributed by atoms with E-state index in [2.05, 4.69) is 54.6 Å². The van der Waals surface area contributed by atoms with E-state index in [1.54, 1.807) is 0 Å². The van der Waals surface area contributed by atoms with Crippen LogP contribution >= 0.6 is 0 Å². The van der Waals surface area contributed by atoms with Gasteiger partial charge in [-0.3, -0.25) is 4.79 Å². The molecule has 0 radical (unpaired) electrons. The number of hydrogen-bond acceptors (Lipinski definition) is 3. The molecule has 3 aliphatic carbocycles. The predicted molar refractivity (Wildman–Crippen MR) is 131 cm³/mol. The maximum absolute atomic E-state index is 12.8. The highest BCUT2D eigenvalue weighted by molar-refractivity contribution is 5.98. The molecule has 1 unspecified atom stereocenters. The highest BCUT2D eigenvalue weighted by Gasteiger charge is 2.41. The normalized spacial score (nSPS) is 21.9. The molecule has 2 aromatic carbocycles. The van der Waals surface area contributed by atoms with E-state index in [0.29, 0.717) is 44.5 Å². The van der Waals surface area contributed by atoms with Crippen molar-refractivity contribution in [3.05, 3.63) is 94.6 Å². The number of Topliss-reactive ketones (excluding diaryl/α,β-unsaturated/α-hetero) is 1. The van der Waals surface area contributed by atoms with Crippen LogP contribution in [0.15, 0.2) is 83.5 Å². The van der Waals surface area contributed by atoms with Crippen molar-refractivity contribution in [3.63, 3.8) is 0 Å². The number of carbonyl (C=O) groups excluding carboxylic acids is 1. The van der Waals surface area contributed by atoms with E-state index in [1.165, 1.54) is 22.3 Å². The lowest BCUT2D eigenvalue weighted by Crippen LogP contribution is -2.38. The van der Waals surface area contributed by atoms with Crippen LogP contribution in [-0.4, -0.2) is 19.0 Å². The summed E-state index contributed by atoms with van der Waals surface area (Å²) in [6, 6.07) is 20.8. The van der Waals surface area contributed by atoms with Crippen LogP contribution in [0.3, 0.4) is 0 Å². The van der Waals surface area contributed by atoms with Crippen LogP contribution in [0.5, 0.6) is 0 Å². The number of ether oxygens (including phenoxy) is 2. The Labute approximate surface area is 197 Å². The first-order chi connectivity index (χ1) is 16.2. The van der Waals surface area contributed by atoms with E-state index < -0.39 is 0 Å². The first-order valence-electron chi connectivity index (χ1n) is 12.4. The van der Waals surface area contributed by atoms with Gasteiger partial charge in [0.05, 0.1) is 26.4 Å². The Morgan fingerprint density at radius 3 is 2.12 bits per heavy atom. The lowest BCUT2D eigenvalue weighted by atomic mass is 9.67. The first-order valence-corrected chi connectivity index (χ1v) is 12.4. The van der Waals surface area contributed by atoms with E-state index in [1.807, 2.05) is 12.1 Å². The van der Waals surface area contributed by atoms with Gasteiger partial charge in [0.1, 0.15) is 0 Å². The van der Waals surface area contributed by atoms with Crippen molar-refractivity contribution in [3.8, 4) is 0 Å². The molecule has 0 spiro atoms. The second-order valence-electron chi connectivity index (χ2n) is 10.1. The van der Waals surface area contributed by atoms with Crippen molar-refractivity contribution in [1.29, 1.82) is 0 Å². The van der Waals surface area contributed by atoms with Gasteiger partial charge in [-0.1, -0.05) is 72.3 Å². The van der Waals surface area contributed by atoms with Gasteiger partial charge in [-0.25, -0.2) is 0 Å². The topological polar surface area (TPSA) is 35.5 Å². The number of rotatable bonds is 8. The Bertz CT molecular complexity index is 974. The first kappa shape index (κ1) is 22.3. The van der Waals surface area contributed by atoms with Gasteiger partial charge in [0.25, 0.3) is 0 Å². The molecule has 2 aromatic rings. The maximum atomic E-state index is 12.8. The summed E-state index contributed by atoms with van der Waals surface area (Å²) in [5.74, 6) is 0.784. The number of benzene rings is 2. The molecule has 0 bridgehead atoms. The second kappa shape index (κ2) is 10.2. The molecule has 0 heterocycles. The summed E-state index contributed by atoms with van der Waals surface area (Å²) >= 11 is 0. The van der Waals surface area contributed by atoms with Crippen LogP contribution in [0.1, 0.15) is 56.1 Å². The van der Waals surface area contributed by atoms with Crippen LogP contribution in [-0.2, 0) is 27.5 Å². The molecular formula is C30H34O3. The molecule has 1 atom stereocenters. The molecule has 3 aliphatic rings. The molecule has 3 nitrogen and oxygen atoms in total. The van der Waals surface area contributed by atoms with Crippen LogP contribution in [0.25, 0.3) is 0 Å². The Hall–Kier alpha value is -2.49. The van der Waals surface area contributed by atoms with E-state index >= 15 is 0 Å². The number of fused-ring (bicyclic) bond motifs is 1. The third-order valence-corrected chi connectivity index (χ3v) is 7.55. The Morgan fingerprint density at radius 1 is 0.848 bits per heavy atom. The molecule has 0 aromatic heterocycles. The summed E-state index contributed by atoms with van der Waals surface area (Å²) in [6.07, 6.45) is 9.27. The molecule has 33 heavy (non-hydrogen) atoms. The van der Waals surface area contributed by atoms with Crippen LogP contribution in [0.4, 0.5) is 0 Å². The van der Waals surface area contributed by atoms with E-state index in [4.69, 9.17) is 9.47 Å². The second-order valence-corrected chi connectivity index (χ2v) is 10.1. The third kappa shape index (κ3) is 5.37. The molecule has 1 saturated carbocycles. The monoisotopic (exact) mass is 442 g/mol. The van der Waals surface area contributed by atoms with Gasteiger partial charge in [-0.15, -0.1) is 0 Å². The maximum Gasteiger partial charge on any atom is 0.159 e. The number of allylic oxidation sites excluding steroid dienone is 4. The Kier molecular flexibility index (Phi) is 6.89. The summed E-state index contributed by atoms with van der Waals surface area (Å²) in [4.78, 5) is 12.8. The summed E-state index contributed by atoms with van der Waals surface area (Å²) in [5.41, 5.74) is 6.23. The van der Waals surface area contributed by atoms with Gasteiger partial charge in [0.2, 0.25) is 0 Å². The standard InChI is InChI=1S/C30H34O3/c31-29-17-25-14-15-30(21-32-19-23-8-3-1-4-9-23,22-33-20-24-10-5-2-6-11-24)18-27(25)16-26-12-7-13-28(26)29/h1-6,8-11,16,25H,7,12-15,17-22H2. The van der Waals surface area contributed by atoms with E-state index in [0.717, 1.165) is 44.1 Å². The molecule has 0 N–H and O–H groups in total. The fraction of sp³-hybridized carbons (Fsp3) is 0.433. The Balaban J connectivity index is 1.31. The van der Waals surface area contributed by atoms with E-state index in [-0.39, 0.29) is 5.41 Å². The van der Waals surface area contributed by atoms with Crippen molar-refractivity contribution in [1.82, 2.24) is 0 Å². The average Bonchev–Trinajstić information content (AvgIpc) is 3.26. The smallest absolute Gasteiger partial charge is 0.159 e. The quantitative estimate of drug-likeness (QED) is 0.463. The lowest BCUT2D eigenvalue weighted by molar-refractivity contribution is -0.116. The number of hydrogen-bond donors (Lipinski definition) is 0. The number of ketones is 1. The number of carbonyl (C=O) groups is 1. The lowest BCUT2D eigenvalue weighted by Gasteiger charge is -2.41. The van der Waals surface area contributed by atoms with Gasteiger partial charge in [0, 0.05) is 11.8 Å². The zero-order valence-corrected chi connectivity index (χ0v) is 19.4. The minimum atomic E-state index is -0.0430. The molecule has 0 saturated heterocycles. The van der Waals surface area contributed by atoms with Crippen molar-refractivity contribution < 1.29 is 14.3 Å². The highest BCUT2D eigenvalue weighted by atomic mass is 16.5. The van der Waals surface area contributed by atoms with Crippen molar-refractivity contribution >= 4 is 5.78 Å². The minimum absolute atomic E-state index is 0.0430. The fourth-order valence-corrected chi connectivity index (χ4v) is 5.76. The van der Waals surface area contributed by atoms with Gasteiger partial charge in [0.15, 0.2) is 5.78 Å². The molecule has 5 rings (SSSR count). The largest absolute Gasteiger partial charge is 0.376 e. The zero-order chi connectivity index (χ0) is 22.5. The van der Waals surface area contributed by atoms with Gasteiger partial charge in [-0.05, 0) is 66.7 Å². The van der Waals surface area contributed by atoms with Crippen LogP contribution in [0, 0.1) is 11.3 Å². The van der Waals surface area contributed by atoms with Crippen LogP contribution < -0.4 is 0 Å². The van der Waals surface area contributed by atoms with E-state index in [9.17, 15) is 4.79 Å². The fourth-order valence-electron chi connectivity index (χ4n) is 5.76. The predicted octanol–water partition coefficient (Wildman–Crippen LogP) is 6.59. The molecule has 172 valence electrons.